The van der Waals surface area contributed by atoms with Crippen LogP contribution in [0.15, 0.2) is 73.1 Å². The fourth-order valence-corrected chi connectivity index (χ4v) is 4.87. The summed E-state index contributed by atoms with van der Waals surface area (Å²) in [6, 6.07) is 21.8. The maximum Gasteiger partial charge on any atom is 0.0896 e. The van der Waals surface area contributed by atoms with Crippen molar-refractivity contribution < 1.29 is 0 Å². The number of nitrogens with zero attached hydrogens (tertiary/aromatic N) is 5. The van der Waals surface area contributed by atoms with Crippen LogP contribution in [0.4, 0.5) is 0 Å². The van der Waals surface area contributed by atoms with Gasteiger partial charge in [0.1, 0.15) is 0 Å². The fourth-order valence-electron chi connectivity index (χ4n) is 4.87. The second-order valence-corrected chi connectivity index (χ2v) is 9.90. The lowest BCUT2D eigenvalue weighted by molar-refractivity contribution is 0.264. The lowest BCUT2D eigenvalue weighted by Crippen LogP contribution is -2.31. The van der Waals surface area contributed by atoms with Crippen LogP contribution in [0.25, 0.3) is 33.6 Å². The van der Waals surface area contributed by atoms with Gasteiger partial charge in [-0.15, -0.1) is 0 Å². The Morgan fingerprint density at radius 3 is 2.36 bits per heavy atom. The highest BCUT2D eigenvalue weighted by Gasteiger charge is 2.23. The molecule has 5 rings (SSSR count). The minimum Gasteiger partial charge on any atom is -0.325 e. The van der Waals surface area contributed by atoms with Gasteiger partial charge in [-0.3, -0.25) is 14.9 Å². The molecule has 1 aliphatic rings. The second kappa shape index (κ2) is 10.7. The van der Waals surface area contributed by atoms with Crippen molar-refractivity contribution in [1.29, 1.82) is 0 Å². The predicted octanol–water partition coefficient (Wildman–Crippen LogP) is 4.78. The van der Waals surface area contributed by atoms with Crippen LogP contribution < -0.4 is 5.73 Å². The topological polar surface area (TPSA) is 71.2 Å². The molecule has 0 spiro atoms. The number of rotatable bonds is 7. The van der Waals surface area contributed by atoms with Gasteiger partial charge in [-0.25, -0.2) is 4.98 Å². The van der Waals surface area contributed by atoms with E-state index in [4.69, 9.17) is 10.7 Å². The number of pyridine rings is 3. The quantitative estimate of drug-likeness (QED) is 0.412. The van der Waals surface area contributed by atoms with Crippen molar-refractivity contribution >= 4 is 0 Å². The van der Waals surface area contributed by atoms with Gasteiger partial charge in [0.2, 0.25) is 0 Å². The molecule has 0 bridgehead atoms. The van der Waals surface area contributed by atoms with E-state index in [1.54, 1.807) is 0 Å². The molecule has 4 aromatic rings. The van der Waals surface area contributed by atoms with Gasteiger partial charge < -0.3 is 10.6 Å². The molecule has 1 fully saturated rings. The Balaban J connectivity index is 1.38. The summed E-state index contributed by atoms with van der Waals surface area (Å²) >= 11 is 0. The largest absolute Gasteiger partial charge is 0.325 e. The third-order valence-corrected chi connectivity index (χ3v) is 6.98. The lowest BCUT2D eigenvalue weighted by atomic mass is 10.00. The van der Waals surface area contributed by atoms with Crippen LogP contribution in [-0.4, -0.2) is 58.0 Å². The van der Waals surface area contributed by atoms with Gasteiger partial charge in [-0.1, -0.05) is 30.3 Å². The first-order valence-corrected chi connectivity index (χ1v) is 12.6. The average molecular weight is 479 g/mol. The molecule has 1 atom stereocenters. The van der Waals surface area contributed by atoms with Crippen molar-refractivity contribution in [3.05, 3.63) is 90.0 Å². The van der Waals surface area contributed by atoms with E-state index in [1.165, 1.54) is 12.0 Å². The summed E-state index contributed by atoms with van der Waals surface area (Å²) in [4.78, 5) is 18.8. The summed E-state index contributed by atoms with van der Waals surface area (Å²) in [7, 11) is 4.35. The fraction of sp³-hybridized carbons (Fsp3) is 0.300. The molecule has 1 saturated heterocycles. The van der Waals surface area contributed by atoms with Crippen LogP contribution in [0.5, 0.6) is 0 Å². The molecule has 0 unspecified atom stereocenters. The zero-order valence-electron chi connectivity index (χ0n) is 21.4. The minimum absolute atomic E-state index is 0.369. The SMILES string of the molecule is Cc1cccc(-c2cc(-c3cncc(-c4ccc(CN5CC[C@@H](N(C)C)C5)cc4)c3)cc(CN)n2)n1. The van der Waals surface area contributed by atoms with Crippen LogP contribution in [0.2, 0.25) is 0 Å². The predicted molar refractivity (Wildman–Crippen MR) is 146 cm³/mol. The van der Waals surface area contributed by atoms with Crippen molar-refractivity contribution in [1.82, 2.24) is 24.8 Å². The Morgan fingerprint density at radius 1 is 0.889 bits per heavy atom. The summed E-state index contributed by atoms with van der Waals surface area (Å²) in [6.45, 7) is 5.65. The standard InChI is InChI=1S/C30H34N6/c1-21-5-4-6-29(33-21)30-15-24(14-27(16-31)34-30)26-13-25(17-32-18-26)23-9-7-22(8-10-23)19-36-12-11-28(20-36)35(2)3/h4-10,13-15,17-18,28H,11-12,16,19-20,31H2,1-3H3/t28-/m1/s1. The maximum atomic E-state index is 5.99. The number of hydrogen-bond acceptors (Lipinski definition) is 6. The molecule has 0 saturated carbocycles. The Kier molecular flexibility index (Phi) is 7.18. The number of likely N-dealkylation sites (N-methyl/N-ethyl adjacent to an activating group) is 1. The second-order valence-electron chi connectivity index (χ2n) is 9.90. The highest BCUT2D eigenvalue weighted by Crippen LogP contribution is 2.29. The highest BCUT2D eigenvalue weighted by molar-refractivity contribution is 5.74. The Morgan fingerprint density at radius 2 is 1.67 bits per heavy atom. The molecule has 1 aromatic carbocycles. The lowest BCUT2D eigenvalue weighted by Gasteiger charge is -2.20. The molecule has 3 aromatic heterocycles. The molecule has 4 heterocycles. The zero-order valence-corrected chi connectivity index (χ0v) is 21.4. The Hall–Kier alpha value is -3.45. The van der Waals surface area contributed by atoms with Crippen molar-refractivity contribution in [2.24, 2.45) is 5.73 Å². The summed E-state index contributed by atoms with van der Waals surface area (Å²) in [6.07, 6.45) is 5.07. The number of aryl methyl sites for hydroxylation is 1. The van der Waals surface area contributed by atoms with Crippen molar-refractivity contribution in [3.63, 3.8) is 0 Å². The number of nitrogens with two attached hydrogens (primary N) is 1. The van der Waals surface area contributed by atoms with Gasteiger partial charge in [-0.2, -0.15) is 0 Å². The van der Waals surface area contributed by atoms with Crippen LogP contribution >= 0.6 is 0 Å². The first-order chi connectivity index (χ1) is 17.5. The molecule has 0 amide bonds. The van der Waals surface area contributed by atoms with Gasteiger partial charge in [0.15, 0.2) is 0 Å². The Bertz CT molecular complexity index is 1330. The summed E-state index contributed by atoms with van der Waals surface area (Å²) in [5.41, 5.74) is 15.1. The number of benzene rings is 1. The van der Waals surface area contributed by atoms with E-state index in [0.29, 0.717) is 12.6 Å². The number of hydrogen-bond donors (Lipinski definition) is 1. The van der Waals surface area contributed by atoms with E-state index in [2.05, 4.69) is 70.3 Å². The molecule has 0 radical (unpaired) electrons. The van der Waals surface area contributed by atoms with E-state index in [1.807, 2.05) is 43.6 Å². The van der Waals surface area contributed by atoms with E-state index in [9.17, 15) is 0 Å². The summed E-state index contributed by atoms with van der Waals surface area (Å²) in [5, 5.41) is 0. The Labute approximate surface area is 213 Å². The molecule has 1 aliphatic heterocycles. The van der Waals surface area contributed by atoms with E-state index >= 15 is 0 Å². The summed E-state index contributed by atoms with van der Waals surface area (Å²) in [5.74, 6) is 0. The minimum atomic E-state index is 0.369. The molecule has 184 valence electrons. The molecule has 0 aliphatic carbocycles. The van der Waals surface area contributed by atoms with Gasteiger partial charge >= 0.3 is 0 Å². The number of likely N-dealkylation sites (tertiary alicyclic amines) is 1. The first-order valence-electron chi connectivity index (χ1n) is 12.6. The zero-order chi connectivity index (χ0) is 25.1. The first kappa shape index (κ1) is 24.3. The smallest absolute Gasteiger partial charge is 0.0896 e. The van der Waals surface area contributed by atoms with Gasteiger partial charge in [-0.05, 0) is 74.5 Å². The van der Waals surface area contributed by atoms with E-state index < -0.39 is 0 Å². The molecular formula is C30H34N6. The molecule has 6 nitrogen and oxygen atoms in total. The maximum absolute atomic E-state index is 5.99. The third kappa shape index (κ3) is 5.51. The van der Waals surface area contributed by atoms with Gasteiger partial charge in [0.25, 0.3) is 0 Å². The summed E-state index contributed by atoms with van der Waals surface area (Å²) < 4.78 is 0. The highest BCUT2D eigenvalue weighted by atomic mass is 15.2. The van der Waals surface area contributed by atoms with E-state index in [-0.39, 0.29) is 0 Å². The normalized spacial score (nSPS) is 16.1. The van der Waals surface area contributed by atoms with Crippen LogP contribution in [0.3, 0.4) is 0 Å². The van der Waals surface area contributed by atoms with E-state index in [0.717, 1.165) is 64.7 Å². The van der Waals surface area contributed by atoms with Crippen molar-refractivity contribution in [2.75, 3.05) is 27.2 Å². The third-order valence-electron chi connectivity index (χ3n) is 6.98. The molecular weight excluding hydrogens is 444 g/mol. The molecule has 6 heteroatoms. The van der Waals surface area contributed by atoms with Crippen LogP contribution in [0.1, 0.15) is 23.4 Å². The molecule has 36 heavy (non-hydrogen) atoms. The molecule has 2 N–H and O–H groups in total. The van der Waals surface area contributed by atoms with Crippen LogP contribution in [0, 0.1) is 6.92 Å². The average Bonchev–Trinajstić information content (AvgIpc) is 3.38. The van der Waals surface area contributed by atoms with Crippen molar-refractivity contribution in [2.45, 2.75) is 32.5 Å². The number of aromatic nitrogens is 3. The monoisotopic (exact) mass is 478 g/mol. The van der Waals surface area contributed by atoms with Crippen molar-refractivity contribution in [3.8, 4) is 33.6 Å². The van der Waals surface area contributed by atoms with Crippen LogP contribution in [-0.2, 0) is 13.1 Å². The van der Waals surface area contributed by atoms with Gasteiger partial charge in [0.05, 0.1) is 17.1 Å². The van der Waals surface area contributed by atoms with Gasteiger partial charge in [0, 0.05) is 61.4 Å².